The van der Waals surface area contributed by atoms with Gasteiger partial charge in [0.15, 0.2) is 0 Å². The standard InChI is InChI=1S/C19H20N2O6S4/c22-17(20-23)11-13-21(12-10-15-5-4-14-28-15)31(26,27)19-9-8-18(29-19)30(24,25)16-6-2-1-3-7-16/h1-9,14,23H,10-13H2,(H,20,22). The second kappa shape index (κ2) is 10.0. The van der Waals surface area contributed by atoms with Crippen molar-refractivity contribution in [2.24, 2.45) is 0 Å². The van der Waals surface area contributed by atoms with Crippen LogP contribution in [0.3, 0.4) is 0 Å². The number of rotatable bonds is 10. The minimum atomic E-state index is -4.05. The second-order valence-corrected chi connectivity index (χ2v) is 12.9. The molecule has 3 rings (SSSR count). The van der Waals surface area contributed by atoms with Crippen molar-refractivity contribution >= 4 is 48.4 Å². The van der Waals surface area contributed by atoms with E-state index in [4.69, 9.17) is 5.21 Å². The first-order valence-electron chi connectivity index (χ1n) is 9.10. The largest absolute Gasteiger partial charge is 0.289 e. The first kappa shape index (κ1) is 23.6. The summed E-state index contributed by atoms with van der Waals surface area (Å²) in [5.74, 6) is -0.713. The molecule has 1 aromatic carbocycles. The molecule has 8 nitrogen and oxygen atoms in total. The van der Waals surface area contributed by atoms with E-state index in [1.165, 1.54) is 41.1 Å². The van der Waals surface area contributed by atoms with Gasteiger partial charge in [-0.3, -0.25) is 10.0 Å². The van der Waals surface area contributed by atoms with E-state index in [9.17, 15) is 21.6 Å². The number of benzene rings is 1. The summed E-state index contributed by atoms with van der Waals surface area (Å²) in [4.78, 5) is 12.5. The molecule has 0 fully saturated rings. The quantitative estimate of drug-likeness (QED) is 0.326. The highest BCUT2D eigenvalue weighted by molar-refractivity contribution is 7.95. The molecule has 0 bridgehead atoms. The van der Waals surface area contributed by atoms with Crippen molar-refractivity contribution in [1.29, 1.82) is 0 Å². The Morgan fingerprint density at radius 2 is 1.65 bits per heavy atom. The Balaban J connectivity index is 1.87. The molecule has 0 aliphatic rings. The number of hydrogen-bond donors (Lipinski definition) is 2. The summed E-state index contributed by atoms with van der Waals surface area (Å²) >= 11 is 2.16. The predicted octanol–water partition coefficient (Wildman–Crippen LogP) is 2.77. The van der Waals surface area contributed by atoms with Gasteiger partial charge >= 0.3 is 0 Å². The van der Waals surface area contributed by atoms with Crippen LogP contribution in [0.5, 0.6) is 0 Å². The smallest absolute Gasteiger partial charge is 0.252 e. The van der Waals surface area contributed by atoms with Crippen LogP contribution in [0.1, 0.15) is 11.3 Å². The third kappa shape index (κ3) is 5.59. The zero-order valence-electron chi connectivity index (χ0n) is 16.2. The zero-order valence-corrected chi connectivity index (χ0v) is 19.4. The van der Waals surface area contributed by atoms with Crippen LogP contribution in [0.2, 0.25) is 0 Å². The number of carbonyl (C=O) groups is 1. The molecule has 166 valence electrons. The van der Waals surface area contributed by atoms with E-state index < -0.39 is 25.8 Å². The van der Waals surface area contributed by atoms with E-state index >= 15 is 0 Å². The van der Waals surface area contributed by atoms with Crippen LogP contribution < -0.4 is 5.48 Å². The van der Waals surface area contributed by atoms with Crippen molar-refractivity contribution in [1.82, 2.24) is 9.79 Å². The summed E-state index contributed by atoms with van der Waals surface area (Å²) in [7, 11) is -7.89. The fourth-order valence-corrected chi connectivity index (χ4v) is 8.24. The lowest BCUT2D eigenvalue weighted by molar-refractivity contribution is -0.129. The van der Waals surface area contributed by atoms with E-state index in [0.29, 0.717) is 17.8 Å². The Morgan fingerprint density at radius 3 is 2.29 bits per heavy atom. The Kier molecular flexibility index (Phi) is 7.62. The molecule has 12 heteroatoms. The normalized spacial score (nSPS) is 12.2. The number of sulfone groups is 1. The Morgan fingerprint density at radius 1 is 0.935 bits per heavy atom. The summed E-state index contributed by atoms with van der Waals surface area (Å²) < 4.78 is 53.0. The first-order chi connectivity index (χ1) is 14.7. The highest BCUT2D eigenvalue weighted by Gasteiger charge is 2.29. The van der Waals surface area contributed by atoms with Gasteiger partial charge in [-0.25, -0.2) is 22.3 Å². The van der Waals surface area contributed by atoms with Gasteiger partial charge in [-0.15, -0.1) is 22.7 Å². The van der Waals surface area contributed by atoms with Crippen LogP contribution >= 0.6 is 22.7 Å². The molecule has 0 aliphatic heterocycles. The van der Waals surface area contributed by atoms with Crippen molar-refractivity contribution in [3.63, 3.8) is 0 Å². The molecule has 0 saturated heterocycles. The summed E-state index contributed by atoms with van der Waals surface area (Å²) in [5, 5.41) is 10.6. The fourth-order valence-electron chi connectivity index (χ4n) is 2.75. The monoisotopic (exact) mass is 500 g/mol. The van der Waals surface area contributed by atoms with Crippen molar-refractivity contribution < 1.29 is 26.8 Å². The molecule has 0 unspecified atom stereocenters. The number of thiophene rings is 2. The average Bonchev–Trinajstić information content (AvgIpc) is 3.46. The number of carbonyl (C=O) groups excluding carboxylic acids is 1. The van der Waals surface area contributed by atoms with Crippen molar-refractivity contribution in [2.45, 2.75) is 26.2 Å². The third-order valence-electron chi connectivity index (χ3n) is 4.37. The third-order valence-corrected chi connectivity index (χ3v) is 11.0. The molecular weight excluding hydrogens is 480 g/mol. The summed E-state index contributed by atoms with van der Waals surface area (Å²) in [6, 6.07) is 14.1. The second-order valence-electron chi connectivity index (χ2n) is 6.41. The van der Waals surface area contributed by atoms with Crippen LogP contribution in [0.15, 0.2) is 73.3 Å². The number of sulfonamides is 1. The van der Waals surface area contributed by atoms with E-state index in [-0.39, 0.29) is 32.8 Å². The summed E-state index contributed by atoms with van der Waals surface area (Å²) in [6.07, 6.45) is 0.207. The first-order valence-corrected chi connectivity index (χ1v) is 13.7. The van der Waals surface area contributed by atoms with Crippen LogP contribution in [0.25, 0.3) is 0 Å². The van der Waals surface area contributed by atoms with E-state index in [0.717, 1.165) is 9.18 Å². The molecule has 0 saturated carbocycles. The fraction of sp³-hybridized carbons (Fsp3) is 0.211. The van der Waals surface area contributed by atoms with Crippen LogP contribution in [0.4, 0.5) is 0 Å². The van der Waals surface area contributed by atoms with Gasteiger partial charge in [-0.1, -0.05) is 24.3 Å². The lowest BCUT2D eigenvalue weighted by Crippen LogP contribution is -2.35. The number of amides is 1. The highest BCUT2D eigenvalue weighted by atomic mass is 32.3. The summed E-state index contributed by atoms with van der Waals surface area (Å²) in [6.45, 7) is -0.0427. The maximum atomic E-state index is 13.2. The van der Waals surface area contributed by atoms with Gasteiger partial charge in [0.25, 0.3) is 10.0 Å². The number of hydroxylamine groups is 1. The van der Waals surface area contributed by atoms with E-state index in [1.54, 1.807) is 18.2 Å². The van der Waals surface area contributed by atoms with E-state index in [1.807, 2.05) is 17.5 Å². The van der Waals surface area contributed by atoms with Gasteiger partial charge in [0, 0.05) is 24.4 Å². The topological polar surface area (TPSA) is 121 Å². The Bertz CT molecular complexity index is 1220. The molecule has 3 aromatic rings. The minimum Gasteiger partial charge on any atom is -0.289 e. The molecule has 0 spiro atoms. The Labute approximate surface area is 188 Å². The molecule has 0 aliphatic carbocycles. The average molecular weight is 501 g/mol. The van der Waals surface area contributed by atoms with Gasteiger partial charge in [-0.05, 0) is 42.1 Å². The zero-order chi connectivity index (χ0) is 22.5. The summed E-state index contributed by atoms with van der Waals surface area (Å²) in [5.41, 5.74) is 1.49. The van der Waals surface area contributed by atoms with Gasteiger partial charge in [0.2, 0.25) is 15.7 Å². The number of nitrogens with zero attached hydrogens (tertiary/aromatic N) is 1. The highest BCUT2D eigenvalue weighted by Crippen LogP contribution is 2.32. The molecule has 31 heavy (non-hydrogen) atoms. The molecule has 2 aromatic heterocycles. The molecule has 1 amide bonds. The number of nitrogens with one attached hydrogen (secondary N) is 1. The van der Waals surface area contributed by atoms with Crippen LogP contribution in [0, 0.1) is 0 Å². The molecule has 0 radical (unpaired) electrons. The molecule has 2 N–H and O–H groups in total. The van der Waals surface area contributed by atoms with Crippen LogP contribution in [-0.2, 0) is 31.1 Å². The minimum absolute atomic E-state index is 0.0787. The molecule has 0 atom stereocenters. The lowest BCUT2D eigenvalue weighted by atomic mass is 10.3. The molecule has 2 heterocycles. The molecular formula is C19H20N2O6S4. The number of hydrogen-bond acceptors (Lipinski definition) is 8. The van der Waals surface area contributed by atoms with Crippen molar-refractivity contribution in [3.8, 4) is 0 Å². The van der Waals surface area contributed by atoms with Gasteiger partial charge in [0.1, 0.15) is 8.42 Å². The SMILES string of the molecule is O=C(CCN(CCc1cccs1)S(=O)(=O)c1ccc(S(=O)(=O)c2ccccc2)s1)NO. The van der Waals surface area contributed by atoms with Gasteiger partial charge < -0.3 is 0 Å². The van der Waals surface area contributed by atoms with Crippen molar-refractivity contribution in [2.75, 3.05) is 13.1 Å². The van der Waals surface area contributed by atoms with Crippen LogP contribution in [-0.4, -0.2) is 45.3 Å². The maximum Gasteiger partial charge on any atom is 0.252 e. The van der Waals surface area contributed by atoms with Gasteiger partial charge in [0.05, 0.1) is 4.90 Å². The van der Waals surface area contributed by atoms with E-state index in [2.05, 4.69) is 0 Å². The van der Waals surface area contributed by atoms with Gasteiger partial charge in [-0.2, -0.15) is 4.31 Å². The maximum absolute atomic E-state index is 13.2. The lowest BCUT2D eigenvalue weighted by Gasteiger charge is -2.20. The predicted molar refractivity (Wildman–Crippen MR) is 118 cm³/mol. The van der Waals surface area contributed by atoms with Crippen molar-refractivity contribution in [3.05, 3.63) is 64.9 Å². The Hall–Kier alpha value is -2.09.